The van der Waals surface area contributed by atoms with Gasteiger partial charge < -0.3 is 15.0 Å². The summed E-state index contributed by atoms with van der Waals surface area (Å²) in [6.45, 7) is 8.11. The van der Waals surface area contributed by atoms with Crippen molar-refractivity contribution in [2.45, 2.75) is 39.5 Å². The quantitative estimate of drug-likeness (QED) is 0.711. The van der Waals surface area contributed by atoms with E-state index in [2.05, 4.69) is 36.2 Å². The van der Waals surface area contributed by atoms with Gasteiger partial charge in [0.15, 0.2) is 0 Å². The molecule has 0 bridgehead atoms. The molecule has 0 spiro atoms. The van der Waals surface area contributed by atoms with Crippen molar-refractivity contribution < 1.29 is 9.53 Å². The van der Waals surface area contributed by atoms with Gasteiger partial charge in [-0.2, -0.15) is 0 Å². The van der Waals surface area contributed by atoms with Crippen LogP contribution in [0, 0.1) is 12.8 Å². The predicted octanol–water partition coefficient (Wildman–Crippen LogP) is 3.20. The molecule has 1 rings (SSSR count). The van der Waals surface area contributed by atoms with Crippen LogP contribution in [0.3, 0.4) is 0 Å². The zero-order valence-electron chi connectivity index (χ0n) is 15.5. The molecule has 1 N–H and O–H groups in total. The fourth-order valence-electron chi connectivity index (χ4n) is 2.77. The molecule has 0 saturated carbocycles. The Bertz CT molecular complexity index is 498. The van der Waals surface area contributed by atoms with Gasteiger partial charge in [-0.25, -0.2) is 0 Å². The van der Waals surface area contributed by atoms with Crippen LogP contribution in [0.25, 0.3) is 0 Å². The maximum absolute atomic E-state index is 12.2. The molecule has 4 nitrogen and oxygen atoms in total. The maximum atomic E-state index is 12.2. The Morgan fingerprint density at radius 3 is 2.52 bits per heavy atom. The number of amides is 1. The number of hydrogen-bond donors (Lipinski definition) is 1. The Morgan fingerprint density at radius 2 is 2.00 bits per heavy atom. The van der Waals surface area contributed by atoms with Crippen LogP contribution in [0.1, 0.15) is 43.7 Å². The lowest BCUT2D eigenvalue weighted by molar-refractivity contribution is -0.121. The molecule has 1 atom stereocenters. The Kier molecular flexibility index (Phi) is 8.10. The minimum Gasteiger partial charge on any atom is -0.496 e. The highest BCUT2D eigenvalue weighted by Crippen LogP contribution is 2.31. The molecule has 0 aliphatic carbocycles. The van der Waals surface area contributed by atoms with Gasteiger partial charge in [0.05, 0.1) is 7.11 Å². The van der Waals surface area contributed by atoms with Crippen LogP contribution >= 0.6 is 0 Å². The molecule has 23 heavy (non-hydrogen) atoms. The molecule has 0 fully saturated rings. The monoisotopic (exact) mass is 320 g/mol. The number of carbonyl (C=O) groups is 1. The summed E-state index contributed by atoms with van der Waals surface area (Å²) in [5.41, 5.74) is 2.32. The van der Waals surface area contributed by atoms with Gasteiger partial charge in [0, 0.05) is 13.0 Å². The van der Waals surface area contributed by atoms with Crippen molar-refractivity contribution in [1.29, 1.82) is 0 Å². The average Bonchev–Trinajstić information content (AvgIpc) is 2.48. The van der Waals surface area contributed by atoms with Crippen molar-refractivity contribution in [3.8, 4) is 5.75 Å². The van der Waals surface area contributed by atoms with E-state index < -0.39 is 0 Å². The van der Waals surface area contributed by atoms with Crippen molar-refractivity contribution in [2.75, 3.05) is 34.3 Å². The van der Waals surface area contributed by atoms with Crippen LogP contribution in [-0.2, 0) is 4.79 Å². The molecule has 1 amide bonds. The molecule has 1 aromatic rings. The van der Waals surface area contributed by atoms with Crippen LogP contribution in [-0.4, -0.2) is 45.1 Å². The van der Waals surface area contributed by atoms with E-state index in [0.29, 0.717) is 12.3 Å². The SMILES string of the molecule is COc1ccc(C(CC(=O)NCCCN(C)C)C(C)C)cc1C. The molecule has 0 aliphatic rings. The third-order valence-electron chi connectivity index (χ3n) is 4.16. The Balaban J connectivity index is 2.65. The zero-order valence-corrected chi connectivity index (χ0v) is 15.5. The minimum atomic E-state index is 0.135. The zero-order chi connectivity index (χ0) is 17.4. The lowest BCUT2D eigenvalue weighted by atomic mass is 9.85. The van der Waals surface area contributed by atoms with Gasteiger partial charge >= 0.3 is 0 Å². The second-order valence-corrected chi connectivity index (χ2v) is 6.79. The first-order valence-corrected chi connectivity index (χ1v) is 8.41. The Labute approximate surface area is 141 Å². The van der Waals surface area contributed by atoms with E-state index in [9.17, 15) is 4.79 Å². The first kappa shape index (κ1) is 19.5. The number of benzene rings is 1. The second-order valence-electron chi connectivity index (χ2n) is 6.79. The van der Waals surface area contributed by atoms with E-state index >= 15 is 0 Å². The van der Waals surface area contributed by atoms with Crippen LogP contribution in [0.4, 0.5) is 0 Å². The Hall–Kier alpha value is -1.55. The van der Waals surface area contributed by atoms with Gasteiger partial charge in [-0.3, -0.25) is 4.79 Å². The van der Waals surface area contributed by atoms with Crippen LogP contribution in [0.5, 0.6) is 5.75 Å². The topological polar surface area (TPSA) is 41.6 Å². The van der Waals surface area contributed by atoms with Gasteiger partial charge in [-0.1, -0.05) is 26.0 Å². The van der Waals surface area contributed by atoms with E-state index in [1.807, 2.05) is 27.1 Å². The fraction of sp³-hybridized carbons (Fsp3) is 0.632. The average molecular weight is 320 g/mol. The summed E-state index contributed by atoms with van der Waals surface area (Å²) in [5, 5.41) is 3.04. The number of methoxy groups -OCH3 is 1. The summed E-state index contributed by atoms with van der Waals surface area (Å²) in [6, 6.07) is 6.22. The summed E-state index contributed by atoms with van der Waals surface area (Å²) in [7, 11) is 5.77. The number of nitrogens with zero attached hydrogens (tertiary/aromatic N) is 1. The number of ether oxygens (including phenoxy) is 1. The van der Waals surface area contributed by atoms with E-state index in [4.69, 9.17) is 4.74 Å². The van der Waals surface area contributed by atoms with Crippen LogP contribution < -0.4 is 10.1 Å². The number of carbonyl (C=O) groups excluding carboxylic acids is 1. The second kappa shape index (κ2) is 9.56. The molecule has 1 unspecified atom stereocenters. The van der Waals surface area contributed by atoms with Crippen molar-refractivity contribution in [1.82, 2.24) is 10.2 Å². The van der Waals surface area contributed by atoms with E-state index in [1.165, 1.54) is 5.56 Å². The fourth-order valence-corrected chi connectivity index (χ4v) is 2.77. The summed E-state index contributed by atoms with van der Waals surface area (Å²) >= 11 is 0. The lowest BCUT2D eigenvalue weighted by Gasteiger charge is -2.22. The number of aryl methyl sites for hydroxylation is 1. The number of rotatable bonds is 9. The van der Waals surface area contributed by atoms with E-state index in [-0.39, 0.29) is 11.8 Å². The minimum absolute atomic E-state index is 0.135. The van der Waals surface area contributed by atoms with E-state index in [1.54, 1.807) is 7.11 Å². The van der Waals surface area contributed by atoms with Crippen LogP contribution in [0.2, 0.25) is 0 Å². The summed E-state index contributed by atoms with van der Waals surface area (Å²) in [5.74, 6) is 1.67. The molecule has 130 valence electrons. The summed E-state index contributed by atoms with van der Waals surface area (Å²) in [6.07, 6.45) is 1.51. The summed E-state index contributed by atoms with van der Waals surface area (Å²) < 4.78 is 5.32. The summed E-state index contributed by atoms with van der Waals surface area (Å²) in [4.78, 5) is 14.4. The number of hydrogen-bond acceptors (Lipinski definition) is 3. The standard InChI is InChI=1S/C19H32N2O2/c1-14(2)17(13-19(22)20-10-7-11-21(4)5)16-8-9-18(23-6)15(3)12-16/h8-9,12,14,17H,7,10-11,13H2,1-6H3,(H,20,22). The molecule has 4 heteroatoms. The lowest BCUT2D eigenvalue weighted by Crippen LogP contribution is -2.29. The van der Waals surface area contributed by atoms with Gasteiger partial charge in [-0.05, 0) is 63.0 Å². The Morgan fingerprint density at radius 1 is 1.30 bits per heavy atom. The van der Waals surface area contributed by atoms with Crippen molar-refractivity contribution in [2.24, 2.45) is 5.92 Å². The highest BCUT2D eigenvalue weighted by molar-refractivity contribution is 5.76. The van der Waals surface area contributed by atoms with Crippen molar-refractivity contribution in [3.05, 3.63) is 29.3 Å². The highest BCUT2D eigenvalue weighted by Gasteiger charge is 2.20. The van der Waals surface area contributed by atoms with Crippen molar-refractivity contribution >= 4 is 5.91 Å². The largest absolute Gasteiger partial charge is 0.496 e. The molecule has 0 saturated heterocycles. The first-order valence-electron chi connectivity index (χ1n) is 8.41. The third-order valence-corrected chi connectivity index (χ3v) is 4.16. The molecule has 0 heterocycles. The molecular formula is C19H32N2O2. The number of nitrogens with one attached hydrogen (secondary N) is 1. The molecule has 0 radical (unpaired) electrons. The van der Waals surface area contributed by atoms with Crippen molar-refractivity contribution in [3.63, 3.8) is 0 Å². The van der Waals surface area contributed by atoms with E-state index in [0.717, 1.165) is 30.8 Å². The third kappa shape index (κ3) is 6.61. The smallest absolute Gasteiger partial charge is 0.220 e. The molecule has 1 aromatic carbocycles. The molecule has 0 aliphatic heterocycles. The van der Waals surface area contributed by atoms with Gasteiger partial charge in [0.25, 0.3) is 0 Å². The van der Waals surface area contributed by atoms with Crippen LogP contribution in [0.15, 0.2) is 18.2 Å². The first-order chi connectivity index (χ1) is 10.8. The van der Waals surface area contributed by atoms with Gasteiger partial charge in [0.1, 0.15) is 5.75 Å². The van der Waals surface area contributed by atoms with Gasteiger partial charge in [0.2, 0.25) is 5.91 Å². The normalized spacial score (nSPS) is 12.5. The molecular weight excluding hydrogens is 288 g/mol. The maximum Gasteiger partial charge on any atom is 0.220 e. The van der Waals surface area contributed by atoms with Gasteiger partial charge in [-0.15, -0.1) is 0 Å². The highest BCUT2D eigenvalue weighted by atomic mass is 16.5. The molecule has 0 aromatic heterocycles. The predicted molar refractivity (Wildman–Crippen MR) is 96.1 cm³/mol.